The molecule has 1 aromatic heterocycles. The number of rotatable bonds is 4. The van der Waals surface area contributed by atoms with Gasteiger partial charge in [-0.2, -0.15) is 0 Å². The zero-order valence-electron chi connectivity index (χ0n) is 29.6. The number of nitrogens with zero attached hydrogens (tertiary/aromatic N) is 1. The molecule has 9 aromatic rings. The van der Waals surface area contributed by atoms with E-state index in [2.05, 4.69) is 126 Å². The Hall–Kier alpha value is -5.02. The van der Waals surface area contributed by atoms with E-state index < -0.39 is 0 Å². The molecule has 0 amide bonds. The smallest absolute Gasteiger partial charge is 0.262 e. The van der Waals surface area contributed by atoms with E-state index in [9.17, 15) is 9.59 Å². The van der Waals surface area contributed by atoms with Gasteiger partial charge in [0.25, 0.3) is 11.1 Å². The summed E-state index contributed by atoms with van der Waals surface area (Å²) < 4.78 is 1.53. The van der Waals surface area contributed by atoms with E-state index in [-0.39, 0.29) is 28.0 Å². The lowest BCUT2D eigenvalue weighted by atomic mass is 9.80. The Morgan fingerprint density at radius 3 is 1.33 bits per heavy atom. The summed E-state index contributed by atoms with van der Waals surface area (Å²) in [6.45, 7) is 17.6. The third-order valence-corrected chi connectivity index (χ3v) is 11.4. The fourth-order valence-electron chi connectivity index (χ4n) is 8.98. The quantitative estimate of drug-likeness (QED) is 0.180. The van der Waals surface area contributed by atoms with Gasteiger partial charge >= 0.3 is 0 Å². The van der Waals surface area contributed by atoms with E-state index in [1.807, 2.05) is 13.8 Å². The van der Waals surface area contributed by atoms with Crippen LogP contribution in [0.4, 0.5) is 0 Å². The summed E-state index contributed by atoms with van der Waals surface area (Å²) in [6.07, 6.45) is 0.701. The summed E-state index contributed by atoms with van der Waals surface area (Å²) in [5.74, 6) is 0. The maximum atomic E-state index is 14.7. The molecule has 0 aliphatic heterocycles. The third kappa shape index (κ3) is 3.85. The second kappa shape index (κ2) is 9.79. The van der Waals surface area contributed by atoms with Crippen molar-refractivity contribution in [3.05, 3.63) is 117 Å². The first-order valence-electron chi connectivity index (χ1n) is 17.7. The lowest BCUT2D eigenvalue weighted by molar-refractivity contribution is 0.510. The molecule has 3 heteroatoms. The van der Waals surface area contributed by atoms with Crippen molar-refractivity contribution in [3.8, 4) is 22.3 Å². The molecular weight excluding hydrogens is 599 g/mol. The Morgan fingerprint density at radius 1 is 0.510 bits per heavy atom. The lowest BCUT2D eigenvalue weighted by Gasteiger charge is -2.24. The molecule has 0 saturated heterocycles. The van der Waals surface area contributed by atoms with Crippen molar-refractivity contribution in [2.75, 3.05) is 0 Å². The normalized spacial score (nSPS) is 13.9. The minimum atomic E-state index is -0.203. The van der Waals surface area contributed by atoms with Gasteiger partial charge in [0.05, 0.1) is 10.8 Å². The van der Waals surface area contributed by atoms with Gasteiger partial charge in [0.15, 0.2) is 0 Å². The molecule has 0 bridgehead atoms. The van der Waals surface area contributed by atoms with Crippen LogP contribution in [0.5, 0.6) is 0 Å². The number of fused-ring (bicyclic) bond motifs is 3. The lowest BCUT2D eigenvalue weighted by Crippen LogP contribution is -2.28. The zero-order valence-corrected chi connectivity index (χ0v) is 29.6. The van der Waals surface area contributed by atoms with Gasteiger partial charge in [-0.1, -0.05) is 121 Å². The fourth-order valence-corrected chi connectivity index (χ4v) is 8.98. The van der Waals surface area contributed by atoms with Crippen molar-refractivity contribution in [2.24, 2.45) is 0 Å². The highest BCUT2D eigenvalue weighted by Crippen LogP contribution is 2.54. The van der Waals surface area contributed by atoms with Crippen LogP contribution < -0.4 is 11.1 Å². The van der Waals surface area contributed by atoms with E-state index in [1.165, 1.54) is 59.1 Å². The second-order valence-electron chi connectivity index (χ2n) is 16.3. The van der Waals surface area contributed by atoms with Gasteiger partial charge in [0, 0.05) is 6.04 Å². The van der Waals surface area contributed by atoms with Gasteiger partial charge in [0.1, 0.15) is 0 Å². The molecule has 8 aromatic carbocycles. The molecule has 9 rings (SSSR count). The number of aromatic nitrogens is 1. The molecule has 49 heavy (non-hydrogen) atoms. The van der Waals surface area contributed by atoms with Crippen LogP contribution in [0, 0.1) is 0 Å². The third-order valence-electron chi connectivity index (χ3n) is 11.4. The van der Waals surface area contributed by atoms with Gasteiger partial charge < -0.3 is 0 Å². The molecule has 0 fully saturated rings. The maximum Gasteiger partial charge on any atom is 0.262 e. The topological polar surface area (TPSA) is 39.1 Å². The van der Waals surface area contributed by atoms with Gasteiger partial charge in [0.2, 0.25) is 0 Å². The van der Waals surface area contributed by atoms with E-state index in [4.69, 9.17) is 0 Å². The van der Waals surface area contributed by atoms with E-state index in [1.54, 1.807) is 0 Å². The molecular formula is C46H41NO2. The molecule has 0 aliphatic carbocycles. The van der Waals surface area contributed by atoms with Gasteiger partial charge in [-0.3, -0.25) is 14.2 Å². The van der Waals surface area contributed by atoms with Gasteiger partial charge in [-0.25, -0.2) is 0 Å². The minimum absolute atomic E-state index is 0.0917. The molecule has 0 saturated carbocycles. The van der Waals surface area contributed by atoms with Crippen molar-refractivity contribution < 1.29 is 0 Å². The van der Waals surface area contributed by atoms with Crippen molar-refractivity contribution in [1.82, 2.24) is 4.57 Å². The summed E-state index contributed by atoms with van der Waals surface area (Å²) in [6, 6.07) is 30.7. The van der Waals surface area contributed by atoms with Crippen molar-refractivity contribution in [1.29, 1.82) is 0 Å². The Balaban J connectivity index is 1.60. The Kier molecular flexibility index (Phi) is 6.00. The summed E-state index contributed by atoms with van der Waals surface area (Å²) in [4.78, 5) is 29.3. The van der Waals surface area contributed by atoms with Crippen molar-refractivity contribution >= 4 is 64.6 Å². The molecule has 242 valence electrons. The predicted octanol–water partition coefficient (Wildman–Crippen LogP) is 11.8. The highest BCUT2D eigenvalue weighted by Gasteiger charge is 2.31. The average molecular weight is 640 g/mol. The molecule has 3 nitrogen and oxygen atoms in total. The van der Waals surface area contributed by atoms with Crippen LogP contribution in [0.25, 0.3) is 86.9 Å². The van der Waals surface area contributed by atoms with Crippen molar-refractivity contribution in [3.63, 3.8) is 0 Å². The first-order chi connectivity index (χ1) is 23.3. The van der Waals surface area contributed by atoms with E-state index in [0.717, 1.165) is 32.7 Å². The summed E-state index contributed by atoms with van der Waals surface area (Å²) in [7, 11) is 0. The standard InChI is InChI=1S/C46H41NO2/c1-9-24(2)47-43(48)41-32-22-30(26-14-10-12-16-34(26)45(3,4)5)28-20-18-25-19-21-29-31(27-15-11-13-17-35(27)46(6,7)8)23-33(42(41)44(47)49)40-38(29)36(25)37(28)39(32)40/h10-24H,9H2,1-8H3. The maximum absolute atomic E-state index is 14.7. The highest BCUT2D eigenvalue weighted by molar-refractivity contribution is 6.50. The number of hydrogen-bond acceptors (Lipinski definition) is 2. The first kappa shape index (κ1) is 30.1. The van der Waals surface area contributed by atoms with E-state index >= 15 is 0 Å². The average Bonchev–Trinajstić information content (AvgIpc) is 3.57. The summed E-state index contributed by atoms with van der Waals surface area (Å²) in [5.41, 5.74) is 6.55. The van der Waals surface area contributed by atoms with Crippen LogP contribution in [0.1, 0.15) is 79.0 Å². The van der Waals surface area contributed by atoms with Gasteiger partial charge in [-0.15, -0.1) is 0 Å². The molecule has 0 aliphatic rings. The summed E-state index contributed by atoms with van der Waals surface area (Å²) in [5, 5.41) is 12.3. The zero-order chi connectivity index (χ0) is 34.3. The predicted molar refractivity (Wildman–Crippen MR) is 210 cm³/mol. The largest absolute Gasteiger partial charge is 0.271 e. The van der Waals surface area contributed by atoms with Crippen molar-refractivity contribution in [2.45, 2.75) is 78.7 Å². The molecule has 1 unspecified atom stereocenters. The molecule has 0 radical (unpaired) electrons. The van der Waals surface area contributed by atoms with E-state index in [0.29, 0.717) is 17.2 Å². The van der Waals surface area contributed by atoms with Crippen LogP contribution in [0.2, 0.25) is 0 Å². The minimum Gasteiger partial charge on any atom is -0.271 e. The molecule has 1 heterocycles. The van der Waals surface area contributed by atoms with Crippen LogP contribution >= 0.6 is 0 Å². The highest BCUT2D eigenvalue weighted by atomic mass is 16.2. The molecule has 0 N–H and O–H groups in total. The Labute approximate surface area is 286 Å². The van der Waals surface area contributed by atoms with Gasteiger partial charge in [-0.05, 0) is 124 Å². The Bertz CT molecular complexity index is 2690. The number of hydrogen-bond donors (Lipinski definition) is 0. The second-order valence-corrected chi connectivity index (χ2v) is 16.3. The number of benzene rings is 7. The fraction of sp³-hybridized carbons (Fsp3) is 0.261. The van der Waals surface area contributed by atoms with Crippen LogP contribution in [0.15, 0.2) is 94.5 Å². The summed E-state index contributed by atoms with van der Waals surface area (Å²) >= 11 is 0. The van der Waals surface area contributed by atoms with Crippen LogP contribution in [-0.4, -0.2) is 4.57 Å². The van der Waals surface area contributed by atoms with Crippen LogP contribution in [0.3, 0.4) is 0 Å². The SMILES string of the molecule is CCC(C)n1c(=O)c2c3cc(-c4ccccc4C(C)(C)C)c4ccc5ccc6c(-c7ccccc7C(C)(C)C)cc(c2c1=O)c1c6c5c4c31. The first-order valence-corrected chi connectivity index (χ1v) is 17.7. The van der Waals surface area contributed by atoms with Crippen LogP contribution in [-0.2, 0) is 10.8 Å². The molecule has 1 atom stereocenters. The molecule has 0 spiro atoms. The monoisotopic (exact) mass is 639 g/mol. The Morgan fingerprint density at radius 2 is 0.918 bits per heavy atom.